The topological polar surface area (TPSA) is 85.4 Å². The van der Waals surface area contributed by atoms with Crippen LogP contribution in [0.15, 0.2) is 41.7 Å². The van der Waals surface area contributed by atoms with Crippen molar-refractivity contribution in [3.63, 3.8) is 0 Å². The first-order valence-electron chi connectivity index (χ1n) is 9.16. The minimum absolute atomic E-state index is 0.105. The summed E-state index contributed by atoms with van der Waals surface area (Å²) in [5.74, 6) is -0.683. The van der Waals surface area contributed by atoms with Gasteiger partial charge in [-0.25, -0.2) is 12.8 Å². The van der Waals surface area contributed by atoms with Gasteiger partial charge in [0.15, 0.2) is 9.84 Å². The molecule has 2 aromatic rings. The predicted octanol–water partition coefficient (Wildman–Crippen LogP) is 3.85. The molecule has 0 bridgehead atoms. The van der Waals surface area contributed by atoms with Crippen LogP contribution in [0, 0.1) is 5.82 Å². The lowest BCUT2D eigenvalue weighted by atomic mass is 9.90. The Hall–Kier alpha value is -1.99. The number of amidine groups is 1. The molecule has 1 saturated carbocycles. The Morgan fingerprint density at radius 2 is 1.86 bits per heavy atom. The van der Waals surface area contributed by atoms with Gasteiger partial charge >= 0.3 is 0 Å². The molecule has 2 aliphatic rings. The van der Waals surface area contributed by atoms with Crippen LogP contribution in [0.3, 0.4) is 0 Å². The Bertz CT molecular complexity index is 1080. The van der Waals surface area contributed by atoms with Gasteiger partial charge in [-0.1, -0.05) is 30.5 Å². The molecular weight excluding hydrogens is 401 g/mol. The molecule has 2 heterocycles. The lowest BCUT2D eigenvalue weighted by molar-refractivity contribution is 0.468. The van der Waals surface area contributed by atoms with Crippen LogP contribution in [0.4, 0.5) is 4.39 Å². The third-order valence-electron chi connectivity index (χ3n) is 5.90. The molecule has 28 heavy (non-hydrogen) atoms. The molecule has 0 radical (unpaired) electrons. The predicted molar refractivity (Wildman–Crippen MR) is 109 cm³/mol. The summed E-state index contributed by atoms with van der Waals surface area (Å²) < 4.78 is 40.1. The highest BCUT2D eigenvalue weighted by atomic mass is 35.5. The molecule has 2 N–H and O–H groups in total. The van der Waals surface area contributed by atoms with Crippen LogP contribution < -0.4 is 5.73 Å². The summed E-state index contributed by atoms with van der Waals surface area (Å²) in [5, 5.41) is 0.459. The van der Waals surface area contributed by atoms with Gasteiger partial charge in [0.25, 0.3) is 0 Å². The van der Waals surface area contributed by atoms with Gasteiger partial charge in [-0.05, 0) is 43.5 Å². The molecule has 1 aliphatic heterocycles. The summed E-state index contributed by atoms with van der Waals surface area (Å²) >= 11 is 6.01. The summed E-state index contributed by atoms with van der Waals surface area (Å²) in [7, 11) is -3.58. The molecule has 0 saturated heterocycles. The number of aromatic nitrogens is 1. The standard InChI is InChI=1S/C20H21ClFN3O2S/c1-19(12-28(26,27)20(18(23)25-19)6-2-3-7-20)16-9-13(4-5-17(16)22)14-8-15(21)11-24-10-14/h4-5,8-11H,2-3,6-7,12H2,1H3,(H2,23,25)/t19-/m0/s1. The van der Waals surface area contributed by atoms with E-state index in [0.717, 1.165) is 12.8 Å². The van der Waals surface area contributed by atoms with E-state index in [4.69, 9.17) is 17.3 Å². The zero-order valence-corrected chi connectivity index (χ0v) is 17.0. The molecule has 5 nitrogen and oxygen atoms in total. The monoisotopic (exact) mass is 421 g/mol. The number of pyridine rings is 1. The highest BCUT2D eigenvalue weighted by Crippen LogP contribution is 2.45. The van der Waals surface area contributed by atoms with E-state index >= 15 is 0 Å². The van der Waals surface area contributed by atoms with E-state index in [0.29, 0.717) is 29.0 Å². The fourth-order valence-corrected chi connectivity index (χ4v) is 7.09. The Labute approximate surface area is 168 Å². The third-order valence-corrected chi connectivity index (χ3v) is 8.85. The van der Waals surface area contributed by atoms with Gasteiger partial charge in [0.2, 0.25) is 0 Å². The highest BCUT2D eigenvalue weighted by molar-refractivity contribution is 7.93. The fourth-order valence-electron chi connectivity index (χ4n) is 4.41. The van der Waals surface area contributed by atoms with E-state index in [1.807, 2.05) is 0 Å². The summed E-state index contributed by atoms with van der Waals surface area (Å²) in [6.07, 6.45) is 5.70. The zero-order chi connectivity index (χ0) is 20.2. The van der Waals surface area contributed by atoms with Crippen molar-refractivity contribution in [3.05, 3.63) is 53.1 Å². The van der Waals surface area contributed by atoms with E-state index in [2.05, 4.69) is 9.98 Å². The number of nitrogens with two attached hydrogens (primary N) is 1. The van der Waals surface area contributed by atoms with Crippen molar-refractivity contribution < 1.29 is 12.8 Å². The van der Waals surface area contributed by atoms with Crippen LogP contribution in [0.5, 0.6) is 0 Å². The van der Waals surface area contributed by atoms with Gasteiger partial charge in [0.05, 0.1) is 10.8 Å². The summed E-state index contributed by atoms with van der Waals surface area (Å²) in [6, 6.07) is 6.26. The van der Waals surface area contributed by atoms with Gasteiger partial charge in [0, 0.05) is 23.5 Å². The average molecular weight is 422 g/mol. The number of hydrogen-bond acceptors (Lipinski definition) is 5. The Morgan fingerprint density at radius 1 is 1.14 bits per heavy atom. The van der Waals surface area contributed by atoms with Crippen LogP contribution >= 0.6 is 11.6 Å². The van der Waals surface area contributed by atoms with Crippen molar-refractivity contribution in [1.29, 1.82) is 0 Å². The number of nitrogens with zero attached hydrogens (tertiary/aromatic N) is 2. The van der Waals surface area contributed by atoms with Crippen molar-refractivity contribution in [3.8, 4) is 11.1 Å². The van der Waals surface area contributed by atoms with Crippen LogP contribution in [-0.2, 0) is 15.4 Å². The average Bonchev–Trinajstić information content (AvgIpc) is 3.12. The highest BCUT2D eigenvalue weighted by Gasteiger charge is 2.55. The van der Waals surface area contributed by atoms with Crippen LogP contribution in [-0.4, -0.2) is 29.7 Å². The maximum absolute atomic E-state index is 14.8. The molecule has 1 atom stereocenters. The van der Waals surface area contributed by atoms with Gasteiger partial charge in [-0.15, -0.1) is 0 Å². The maximum atomic E-state index is 14.8. The summed E-state index contributed by atoms with van der Waals surface area (Å²) in [5.41, 5.74) is 6.50. The van der Waals surface area contributed by atoms with Crippen molar-refractivity contribution in [2.75, 3.05) is 5.75 Å². The molecule has 1 aromatic heterocycles. The van der Waals surface area contributed by atoms with Gasteiger partial charge < -0.3 is 5.73 Å². The first kappa shape index (κ1) is 19.3. The second kappa shape index (κ2) is 6.52. The quantitative estimate of drug-likeness (QED) is 0.797. The van der Waals surface area contributed by atoms with Crippen LogP contribution in [0.1, 0.15) is 38.2 Å². The molecule has 4 rings (SSSR count). The van der Waals surface area contributed by atoms with E-state index in [9.17, 15) is 12.8 Å². The fraction of sp³-hybridized carbons (Fsp3) is 0.400. The van der Waals surface area contributed by atoms with Crippen LogP contribution in [0.25, 0.3) is 11.1 Å². The Balaban J connectivity index is 1.85. The lowest BCUT2D eigenvalue weighted by Gasteiger charge is -2.39. The minimum atomic E-state index is -3.58. The number of aliphatic imine (C=N–C) groups is 1. The molecule has 1 fully saturated rings. The Kier molecular flexibility index (Phi) is 4.50. The summed E-state index contributed by atoms with van der Waals surface area (Å²) in [4.78, 5) is 8.62. The molecule has 0 amide bonds. The van der Waals surface area contributed by atoms with Gasteiger partial charge in [-0.3, -0.25) is 9.98 Å². The van der Waals surface area contributed by atoms with E-state index in [-0.39, 0.29) is 17.2 Å². The van der Waals surface area contributed by atoms with E-state index in [1.165, 1.54) is 12.3 Å². The molecule has 0 unspecified atom stereocenters. The van der Waals surface area contributed by atoms with Crippen LogP contribution in [0.2, 0.25) is 5.02 Å². The Morgan fingerprint density at radius 3 is 2.50 bits per heavy atom. The molecule has 148 valence electrons. The minimum Gasteiger partial charge on any atom is -0.386 e. The van der Waals surface area contributed by atoms with Crippen molar-refractivity contribution in [2.24, 2.45) is 10.7 Å². The van der Waals surface area contributed by atoms with E-state index < -0.39 is 25.9 Å². The maximum Gasteiger partial charge on any atom is 0.165 e. The van der Waals surface area contributed by atoms with E-state index in [1.54, 1.807) is 31.3 Å². The number of benzene rings is 1. The largest absolute Gasteiger partial charge is 0.386 e. The number of halogens is 2. The SMILES string of the molecule is C[C@@]1(c2cc(-c3cncc(Cl)c3)ccc2F)CS(=O)(=O)C2(CCCC2)C(N)=N1. The normalized spacial score (nSPS) is 25.6. The number of rotatable bonds is 2. The van der Waals surface area contributed by atoms with Crippen molar-refractivity contribution in [1.82, 2.24) is 4.98 Å². The second-order valence-electron chi connectivity index (χ2n) is 7.82. The molecule has 1 aromatic carbocycles. The third kappa shape index (κ3) is 2.92. The van der Waals surface area contributed by atoms with Crippen molar-refractivity contribution in [2.45, 2.75) is 42.9 Å². The number of sulfone groups is 1. The summed E-state index contributed by atoms with van der Waals surface area (Å²) in [6.45, 7) is 1.62. The zero-order valence-electron chi connectivity index (χ0n) is 15.5. The number of hydrogen-bond donors (Lipinski definition) is 1. The smallest absolute Gasteiger partial charge is 0.165 e. The second-order valence-corrected chi connectivity index (χ2v) is 10.6. The van der Waals surface area contributed by atoms with Gasteiger partial charge in [0.1, 0.15) is 21.9 Å². The van der Waals surface area contributed by atoms with Gasteiger partial charge in [-0.2, -0.15) is 0 Å². The lowest BCUT2D eigenvalue weighted by Crippen LogP contribution is -2.56. The first-order valence-corrected chi connectivity index (χ1v) is 11.2. The molecule has 8 heteroatoms. The molecule has 1 aliphatic carbocycles. The van der Waals surface area contributed by atoms with Crippen molar-refractivity contribution >= 4 is 27.3 Å². The molecule has 1 spiro atoms. The molecular formula is C20H21ClFN3O2S. The first-order chi connectivity index (χ1) is 13.2.